The van der Waals surface area contributed by atoms with Crippen LogP contribution in [0.5, 0.6) is 0 Å². The van der Waals surface area contributed by atoms with Gasteiger partial charge in [0.2, 0.25) is 5.91 Å². The molecule has 1 atom stereocenters. The van der Waals surface area contributed by atoms with Crippen molar-refractivity contribution in [1.82, 2.24) is 4.90 Å². The van der Waals surface area contributed by atoms with Crippen LogP contribution in [-0.2, 0) is 16.0 Å². The molecule has 1 aliphatic rings. The molecule has 5 heteroatoms. The summed E-state index contributed by atoms with van der Waals surface area (Å²) in [5, 5.41) is 9.69. The van der Waals surface area contributed by atoms with E-state index in [1.165, 1.54) is 0 Å². The highest BCUT2D eigenvalue weighted by molar-refractivity contribution is 6.30. The van der Waals surface area contributed by atoms with Crippen molar-refractivity contribution in [3.8, 4) is 0 Å². The van der Waals surface area contributed by atoms with Crippen molar-refractivity contribution in [2.24, 2.45) is 5.92 Å². The second-order valence-corrected chi connectivity index (χ2v) is 5.58. The summed E-state index contributed by atoms with van der Waals surface area (Å²) in [6.45, 7) is 1.00. The molecular formula is C15H18ClNO3. The highest BCUT2D eigenvalue weighted by atomic mass is 35.5. The minimum absolute atomic E-state index is 0.0240. The minimum Gasteiger partial charge on any atom is -0.481 e. The third-order valence-electron chi connectivity index (χ3n) is 3.64. The molecule has 0 aromatic heterocycles. The molecule has 1 aromatic carbocycles. The Kier molecular flexibility index (Phi) is 5.01. The van der Waals surface area contributed by atoms with Gasteiger partial charge < -0.3 is 10.0 Å². The van der Waals surface area contributed by atoms with Gasteiger partial charge in [0.15, 0.2) is 0 Å². The van der Waals surface area contributed by atoms with Crippen LogP contribution in [-0.4, -0.2) is 35.0 Å². The molecule has 20 heavy (non-hydrogen) atoms. The van der Waals surface area contributed by atoms with Crippen LogP contribution < -0.4 is 0 Å². The molecule has 1 amide bonds. The maximum atomic E-state index is 12.1. The van der Waals surface area contributed by atoms with Crippen molar-refractivity contribution in [3.63, 3.8) is 0 Å². The number of rotatable bonds is 4. The molecule has 0 spiro atoms. The van der Waals surface area contributed by atoms with E-state index < -0.39 is 11.9 Å². The number of aryl methyl sites for hydroxylation is 1. The van der Waals surface area contributed by atoms with Crippen LogP contribution in [0.4, 0.5) is 0 Å². The Labute approximate surface area is 123 Å². The zero-order chi connectivity index (χ0) is 14.5. The predicted octanol–water partition coefficient (Wildman–Crippen LogP) is 2.60. The number of likely N-dealkylation sites (tertiary alicyclic amines) is 1. The van der Waals surface area contributed by atoms with Crippen LogP contribution in [0.15, 0.2) is 24.3 Å². The third kappa shape index (κ3) is 3.97. The molecular weight excluding hydrogens is 278 g/mol. The normalized spacial score (nSPS) is 18.9. The number of benzene rings is 1. The molecule has 4 nitrogen and oxygen atoms in total. The van der Waals surface area contributed by atoms with E-state index in [9.17, 15) is 9.59 Å². The molecule has 0 radical (unpaired) electrons. The number of carboxylic acid groups (broad SMARTS) is 1. The van der Waals surface area contributed by atoms with E-state index >= 15 is 0 Å². The molecule has 1 heterocycles. The monoisotopic (exact) mass is 295 g/mol. The number of piperidine rings is 1. The lowest BCUT2D eigenvalue weighted by Gasteiger charge is -2.30. The van der Waals surface area contributed by atoms with Crippen LogP contribution in [0.25, 0.3) is 0 Å². The van der Waals surface area contributed by atoms with Gasteiger partial charge in [-0.2, -0.15) is 0 Å². The highest BCUT2D eigenvalue weighted by Gasteiger charge is 2.27. The molecule has 1 N–H and O–H groups in total. The Balaban J connectivity index is 1.87. The first-order valence-electron chi connectivity index (χ1n) is 6.81. The van der Waals surface area contributed by atoms with Gasteiger partial charge in [0.1, 0.15) is 0 Å². The largest absolute Gasteiger partial charge is 0.481 e. The number of nitrogens with zero attached hydrogens (tertiary/aromatic N) is 1. The van der Waals surface area contributed by atoms with Gasteiger partial charge in [0.25, 0.3) is 0 Å². The van der Waals surface area contributed by atoms with Crippen molar-refractivity contribution in [2.45, 2.75) is 25.7 Å². The summed E-state index contributed by atoms with van der Waals surface area (Å²) in [5.74, 6) is -1.20. The second kappa shape index (κ2) is 6.75. The number of halogens is 1. The van der Waals surface area contributed by atoms with Crippen molar-refractivity contribution in [1.29, 1.82) is 0 Å². The molecule has 1 aromatic rings. The maximum absolute atomic E-state index is 12.1. The molecule has 1 aliphatic heterocycles. The fraction of sp³-hybridized carbons (Fsp3) is 0.467. The third-order valence-corrected chi connectivity index (χ3v) is 3.88. The minimum atomic E-state index is -0.808. The smallest absolute Gasteiger partial charge is 0.308 e. The van der Waals surface area contributed by atoms with Crippen LogP contribution in [0.2, 0.25) is 5.02 Å². The summed E-state index contributed by atoms with van der Waals surface area (Å²) in [6.07, 6.45) is 2.45. The Morgan fingerprint density at radius 1 is 1.40 bits per heavy atom. The Morgan fingerprint density at radius 3 is 2.90 bits per heavy atom. The SMILES string of the molecule is O=C(O)[C@@H]1CCCN(C(=O)CCc2cccc(Cl)c2)C1. The lowest BCUT2D eigenvalue weighted by Crippen LogP contribution is -2.42. The molecule has 1 fully saturated rings. The highest BCUT2D eigenvalue weighted by Crippen LogP contribution is 2.18. The van der Waals surface area contributed by atoms with Gasteiger partial charge >= 0.3 is 5.97 Å². The number of hydrogen-bond acceptors (Lipinski definition) is 2. The topological polar surface area (TPSA) is 57.6 Å². The van der Waals surface area contributed by atoms with Crippen LogP contribution in [0.1, 0.15) is 24.8 Å². The van der Waals surface area contributed by atoms with Gasteiger partial charge in [-0.05, 0) is 37.0 Å². The Morgan fingerprint density at radius 2 is 2.20 bits per heavy atom. The van der Waals surface area contributed by atoms with Crippen LogP contribution in [0.3, 0.4) is 0 Å². The van der Waals surface area contributed by atoms with Gasteiger partial charge in [0, 0.05) is 24.5 Å². The van der Waals surface area contributed by atoms with Crippen LogP contribution in [0, 0.1) is 5.92 Å². The van der Waals surface area contributed by atoms with E-state index in [4.69, 9.17) is 16.7 Å². The first kappa shape index (κ1) is 14.9. The summed E-state index contributed by atoms with van der Waals surface area (Å²) >= 11 is 5.90. The van der Waals surface area contributed by atoms with Gasteiger partial charge in [-0.1, -0.05) is 23.7 Å². The first-order valence-corrected chi connectivity index (χ1v) is 7.19. The number of aliphatic carboxylic acids is 1. The Hall–Kier alpha value is -1.55. The summed E-state index contributed by atoms with van der Waals surface area (Å²) in [5.41, 5.74) is 1.03. The molecule has 0 bridgehead atoms. The summed E-state index contributed by atoms with van der Waals surface area (Å²) in [6, 6.07) is 7.46. The van der Waals surface area contributed by atoms with E-state index in [1.54, 1.807) is 11.0 Å². The zero-order valence-electron chi connectivity index (χ0n) is 11.2. The second-order valence-electron chi connectivity index (χ2n) is 5.15. The lowest BCUT2D eigenvalue weighted by atomic mass is 9.97. The number of carbonyl (C=O) groups is 2. The van der Waals surface area contributed by atoms with E-state index in [-0.39, 0.29) is 5.91 Å². The first-order chi connectivity index (χ1) is 9.56. The summed E-state index contributed by atoms with van der Waals surface area (Å²) < 4.78 is 0. The lowest BCUT2D eigenvalue weighted by molar-refractivity contribution is -0.145. The van der Waals surface area contributed by atoms with Gasteiger partial charge in [0.05, 0.1) is 5.92 Å². The summed E-state index contributed by atoms with van der Waals surface area (Å²) in [4.78, 5) is 24.8. The van der Waals surface area contributed by atoms with Crippen molar-refractivity contribution >= 4 is 23.5 Å². The molecule has 108 valence electrons. The predicted molar refractivity (Wildman–Crippen MR) is 76.7 cm³/mol. The molecule has 0 unspecified atom stereocenters. The van der Waals surface area contributed by atoms with E-state index in [0.717, 1.165) is 12.0 Å². The number of carboxylic acids is 1. The average molecular weight is 296 g/mol. The average Bonchev–Trinajstić information content (AvgIpc) is 2.45. The van der Waals surface area contributed by atoms with Gasteiger partial charge in [-0.15, -0.1) is 0 Å². The number of amides is 1. The summed E-state index contributed by atoms with van der Waals surface area (Å²) in [7, 11) is 0. The van der Waals surface area contributed by atoms with E-state index in [1.807, 2.05) is 18.2 Å². The zero-order valence-corrected chi connectivity index (χ0v) is 12.0. The van der Waals surface area contributed by atoms with Gasteiger partial charge in [-0.3, -0.25) is 9.59 Å². The van der Waals surface area contributed by atoms with Crippen molar-refractivity contribution in [2.75, 3.05) is 13.1 Å². The van der Waals surface area contributed by atoms with Crippen LogP contribution >= 0.6 is 11.6 Å². The molecule has 0 saturated carbocycles. The molecule has 2 rings (SSSR count). The van der Waals surface area contributed by atoms with Gasteiger partial charge in [-0.25, -0.2) is 0 Å². The standard InChI is InChI=1S/C15H18ClNO3/c16-13-5-1-3-11(9-13)6-7-14(18)17-8-2-4-12(10-17)15(19)20/h1,3,5,9,12H,2,4,6-8,10H2,(H,19,20)/t12-/m1/s1. The van der Waals surface area contributed by atoms with E-state index in [2.05, 4.69) is 0 Å². The molecule has 1 saturated heterocycles. The van der Waals surface area contributed by atoms with Crippen molar-refractivity contribution < 1.29 is 14.7 Å². The fourth-order valence-corrected chi connectivity index (χ4v) is 2.72. The molecule has 0 aliphatic carbocycles. The number of hydrogen-bond donors (Lipinski definition) is 1. The fourth-order valence-electron chi connectivity index (χ4n) is 2.51. The quantitative estimate of drug-likeness (QED) is 0.929. The maximum Gasteiger partial charge on any atom is 0.308 e. The number of carbonyl (C=O) groups excluding carboxylic acids is 1. The Bertz CT molecular complexity index is 504. The van der Waals surface area contributed by atoms with Crippen molar-refractivity contribution in [3.05, 3.63) is 34.9 Å². The van der Waals surface area contributed by atoms with E-state index in [0.29, 0.717) is 37.4 Å².